The van der Waals surface area contributed by atoms with Crippen LogP contribution in [0.25, 0.3) is 0 Å². The minimum atomic E-state index is -4.76. The molecule has 1 aromatic heterocycles. The van der Waals surface area contributed by atoms with Crippen LogP contribution in [0.15, 0.2) is 18.2 Å². The van der Waals surface area contributed by atoms with Gasteiger partial charge in [0.25, 0.3) is 0 Å². The summed E-state index contributed by atoms with van der Waals surface area (Å²) in [5.74, 6) is -5.34. The Hall–Kier alpha value is -2.52. The van der Waals surface area contributed by atoms with Crippen LogP contribution in [-0.4, -0.2) is 16.0 Å². The van der Waals surface area contributed by atoms with Gasteiger partial charge in [0, 0.05) is 12.1 Å². The van der Waals surface area contributed by atoms with Crippen LogP contribution < -0.4 is 10.6 Å². The van der Waals surface area contributed by atoms with E-state index in [4.69, 9.17) is 0 Å². The number of hydrogen-bond acceptors (Lipinski definition) is 4. The molecule has 0 bridgehead atoms. The molecule has 1 aliphatic carbocycles. The van der Waals surface area contributed by atoms with Crippen LogP contribution in [0.3, 0.4) is 0 Å². The fourth-order valence-electron chi connectivity index (χ4n) is 2.91. The molecule has 4 nitrogen and oxygen atoms in total. The minimum Gasteiger partial charge on any atom is -0.351 e. The zero-order valence-electron chi connectivity index (χ0n) is 14.0. The van der Waals surface area contributed by atoms with Crippen molar-refractivity contribution < 1.29 is 26.3 Å². The summed E-state index contributed by atoms with van der Waals surface area (Å²) in [6.07, 6.45) is -0.247. The summed E-state index contributed by atoms with van der Waals surface area (Å²) in [6, 6.07) is 2.05. The van der Waals surface area contributed by atoms with Crippen molar-refractivity contribution in [2.24, 2.45) is 0 Å². The van der Waals surface area contributed by atoms with Gasteiger partial charge in [0.15, 0.2) is 23.1 Å². The second-order valence-corrected chi connectivity index (χ2v) is 6.29. The summed E-state index contributed by atoms with van der Waals surface area (Å²) < 4.78 is 79.5. The summed E-state index contributed by atoms with van der Waals surface area (Å²) >= 11 is 0. The normalized spacial score (nSPS) is 15.6. The highest BCUT2D eigenvalue weighted by atomic mass is 19.4. The Morgan fingerprint density at radius 2 is 1.63 bits per heavy atom. The highest BCUT2D eigenvalue weighted by Gasteiger charge is 2.34. The molecule has 2 aromatic rings. The average Bonchev–Trinajstić information content (AvgIpc) is 2.62. The molecule has 0 saturated heterocycles. The monoisotopic (exact) mass is 390 g/mol. The minimum absolute atomic E-state index is 0.0601. The Bertz CT molecular complexity index is 818. The summed E-state index contributed by atoms with van der Waals surface area (Å²) in [6.45, 7) is 0. The van der Waals surface area contributed by atoms with Crippen molar-refractivity contribution in [3.05, 3.63) is 41.3 Å². The predicted molar refractivity (Wildman–Crippen MR) is 87.1 cm³/mol. The standard InChI is InChI=1S/C17H16F6N4/c18-10-6-7-11(15(20)14(10)19)25-13-8-12(17(21,22)23)26-16(27-13)24-9-4-2-1-3-5-9/h6-9H,1-5H2,(H2,24,25,26,27). The number of benzene rings is 1. The molecule has 0 amide bonds. The van der Waals surface area contributed by atoms with E-state index in [0.29, 0.717) is 12.1 Å². The number of rotatable bonds is 4. The van der Waals surface area contributed by atoms with Crippen molar-refractivity contribution in [3.63, 3.8) is 0 Å². The van der Waals surface area contributed by atoms with E-state index in [1.807, 2.05) is 0 Å². The average molecular weight is 390 g/mol. The number of hydrogen-bond donors (Lipinski definition) is 2. The summed E-state index contributed by atoms with van der Waals surface area (Å²) in [7, 11) is 0. The van der Waals surface area contributed by atoms with Crippen molar-refractivity contribution >= 4 is 17.5 Å². The lowest BCUT2D eigenvalue weighted by Crippen LogP contribution is -2.24. The Kier molecular flexibility index (Phi) is 5.43. The number of nitrogens with zero attached hydrogens (tertiary/aromatic N) is 2. The highest BCUT2D eigenvalue weighted by molar-refractivity contribution is 5.58. The predicted octanol–water partition coefficient (Wildman–Crippen LogP) is 5.40. The highest BCUT2D eigenvalue weighted by Crippen LogP contribution is 2.32. The fraction of sp³-hybridized carbons (Fsp3) is 0.412. The van der Waals surface area contributed by atoms with E-state index in [1.54, 1.807) is 0 Å². The maximum Gasteiger partial charge on any atom is 0.433 e. The van der Waals surface area contributed by atoms with E-state index in [9.17, 15) is 26.3 Å². The maximum atomic E-state index is 13.8. The number of nitrogens with one attached hydrogen (secondary N) is 2. The number of aromatic nitrogens is 2. The first-order valence-corrected chi connectivity index (χ1v) is 8.37. The first-order valence-electron chi connectivity index (χ1n) is 8.37. The van der Waals surface area contributed by atoms with Crippen molar-refractivity contribution in [2.75, 3.05) is 10.6 Å². The largest absolute Gasteiger partial charge is 0.433 e. The van der Waals surface area contributed by atoms with E-state index in [1.165, 1.54) is 0 Å². The number of anilines is 3. The summed E-state index contributed by atoms with van der Waals surface area (Å²) in [4.78, 5) is 7.39. The van der Waals surface area contributed by atoms with Gasteiger partial charge in [0.1, 0.15) is 5.82 Å². The molecule has 0 atom stereocenters. The smallest absolute Gasteiger partial charge is 0.351 e. The molecule has 1 aliphatic rings. The lowest BCUT2D eigenvalue weighted by Gasteiger charge is -2.23. The second-order valence-electron chi connectivity index (χ2n) is 6.29. The Balaban J connectivity index is 1.91. The third-order valence-corrected chi connectivity index (χ3v) is 4.25. The summed E-state index contributed by atoms with van der Waals surface area (Å²) in [5, 5.41) is 5.12. The van der Waals surface area contributed by atoms with Gasteiger partial charge in [-0.15, -0.1) is 0 Å². The fourth-order valence-corrected chi connectivity index (χ4v) is 2.91. The van der Waals surface area contributed by atoms with Crippen molar-refractivity contribution in [3.8, 4) is 0 Å². The number of alkyl halides is 3. The van der Waals surface area contributed by atoms with Gasteiger partial charge in [0.05, 0.1) is 5.69 Å². The first-order chi connectivity index (χ1) is 12.7. The van der Waals surface area contributed by atoms with Gasteiger partial charge in [-0.05, 0) is 25.0 Å². The molecule has 1 heterocycles. The van der Waals surface area contributed by atoms with Crippen molar-refractivity contribution in [2.45, 2.75) is 44.3 Å². The van der Waals surface area contributed by atoms with Crippen LogP contribution in [0.1, 0.15) is 37.8 Å². The third-order valence-electron chi connectivity index (χ3n) is 4.25. The van der Waals surface area contributed by atoms with E-state index >= 15 is 0 Å². The molecule has 2 N–H and O–H groups in total. The first kappa shape index (κ1) is 19.2. The molecule has 0 unspecified atom stereocenters. The molecule has 0 spiro atoms. The van der Waals surface area contributed by atoms with E-state index in [-0.39, 0.29) is 17.8 Å². The van der Waals surface area contributed by atoms with E-state index in [2.05, 4.69) is 20.6 Å². The zero-order valence-corrected chi connectivity index (χ0v) is 14.0. The van der Waals surface area contributed by atoms with Crippen LogP contribution in [0.2, 0.25) is 0 Å². The molecule has 1 saturated carbocycles. The lowest BCUT2D eigenvalue weighted by molar-refractivity contribution is -0.141. The molecule has 1 fully saturated rings. The van der Waals surface area contributed by atoms with Crippen molar-refractivity contribution in [1.82, 2.24) is 9.97 Å². The Labute approximate surface area is 151 Å². The van der Waals surface area contributed by atoms with E-state index in [0.717, 1.165) is 38.2 Å². The van der Waals surface area contributed by atoms with Crippen LogP contribution in [0, 0.1) is 17.5 Å². The molecule has 1 aromatic carbocycles. The second kappa shape index (κ2) is 7.61. The molecule has 0 radical (unpaired) electrons. The molecule has 10 heteroatoms. The van der Waals surface area contributed by atoms with Crippen LogP contribution in [0.4, 0.5) is 43.8 Å². The van der Waals surface area contributed by atoms with Gasteiger partial charge >= 0.3 is 6.18 Å². The zero-order chi connectivity index (χ0) is 19.6. The third kappa shape index (κ3) is 4.61. The van der Waals surface area contributed by atoms with Crippen molar-refractivity contribution in [1.29, 1.82) is 0 Å². The SMILES string of the molecule is Fc1ccc(Nc2cc(C(F)(F)F)nc(NC3CCCCC3)n2)c(F)c1F. The summed E-state index contributed by atoms with van der Waals surface area (Å²) in [5.41, 5.74) is -1.77. The topological polar surface area (TPSA) is 49.8 Å². The molecular formula is C17H16F6N4. The molecule has 27 heavy (non-hydrogen) atoms. The van der Waals surface area contributed by atoms with Gasteiger partial charge in [-0.25, -0.2) is 18.2 Å². The lowest BCUT2D eigenvalue weighted by atomic mass is 9.96. The molecule has 3 rings (SSSR count). The Morgan fingerprint density at radius 3 is 2.30 bits per heavy atom. The van der Waals surface area contributed by atoms with Gasteiger partial charge < -0.3 is 10.6 Å². The van der Waals surface area contributed by atoms with Crippen LogP contribution >= 0.6 is 0 Å². The van der Waals surface area contributed by atoms with E-state index < -0.39 is 35.0 Å². The van der Waals surface area contributed by atoms with Crippen LogP contribution in [-0.2, 0) is 6.18 Å². The molecule has 146 valence electrons. The van der Waals surface area contributed by atoms with Gasteiger partial charge in [-0.2, -0.15) is 18.2 Å². The quantitative estimate of drug-likeness (QED) is 0.542. The van der Waals surface area contributed by atoms with Gasteiger partial charge in [0.2, 0.25) is 5.95 Å². The number of halogens is 6. The van der Waals surface area contributed by atoms with Gasteiger partial charge in [-0.3, -0.25) is 0 Å². The van der Waals surface area contributed by atoms with Gasteiger partial charge in [-0.1, -0.05) is 19.3 Å². The Morgan fingerprint density at radius 1 is 0.926 bits per heavy atom. The maximum absolute atomic E-state index is 13.8. The molecular weight excluding hydrogens is 374 g/mol. The molecule has 0 aliphatic heterocycles. The van der Waals surface area contributed by atoms with Crippen LogP contribution in [0.5, 0.6) is 0 Å².